The van der Waals surface area contributed by atoms with Gasteiger partial charge in [-0.3, -0.25) is 9.80 Å². The largest absolute Gasteiger partial charge is 0.497 e. The van der Waals surface area contributed by atoms with E-state index in [0.29, 0.717) is 11.3 Å². The maximum atomic E-state index is 12.4. The van der Waals surface area contributed by atoms with Crippen LogP contribution < -0.4 is 9.75 Å². The number of hydrazone groups is 1. The third-order valence-electron chi connectivity index (χ3n) is 3.56. The number of carbonyl (C=O) groups is 2. The van der Waals surface area contributed by atoms with Crippen molar-refractivity contribution < 1.29 is 19.1 Å². The van der Waals surface area contributed by atoms with E-state index in [1.165, 1.54) is 12.1 Å². The molecule has 0 spiro atoms. The van der Waals surface area contributed by atoms with Crippen LogP contribution in [0.3, 0.4) is 0 Å². The molecule has 0 aliphatic heterocycles. The highest BCUT2D eigenvalue weighted by Crippen LogP contribution is 2.18. The van der Waals surface area contributed by atoms with E-state index < -0.39 is 5.97 Å². The van der Waals surface area contributed by atoms with Crippen LogP contribution in [0, 0.1) is 0 Å². The highest BCUT2D eigenvalue weighted by atomic mass is 16.5. The molecule has 25 heavy (non-hydrogen) atoms. The van der Waals surface area contributed by atoms with E-state index in [9.17, 15) is 9.59 Å². The summed E-state index contributed by atoms with van der Waals surface area (Å²) in [4.78, 5) is 24.3. The number of methoxy groups -OCH3 is 2. The van der Waals surface area contributed by atoms with Crippen LogP contribution in [-0.4, -0.2) is 38.7 Å². The molecular formula is C19H20N2O4. The zero-order chi connectivity index (χ0) is 18.2. The number of anilines is 1. The minimum absolute atomic E-state index is 0.0367. The van der Waals surface area contributed by atoms with Gasteiger partial charge in [0.2, 0.25) is 0 Å². The van der Waals surface area contributed by atoms with Gasteiger partial charge in [0.05, 0.1) is 26.3 Å². The first kappa shape index (κ1) is 18.2. The first-order valence-electron chi connectivity index (χ1n) is 7.67. The molecule has 2 rings (SSSR count). The summed E-state index contributed by atoms with van der Waals surface area (Å²) < 4.78 is 9.87. The normalized spacial score (nSPS) is 10.9. The van der Waals surface area contributed by atoms with E-state index in [0.717, 1.165) is 5.69 Å². The molecule has 0 fully saturated rings. The molecule has 2 aromatic rings. The molecule has 0 aliphatic carbocycles. The fourth-order valence-corrected chi connectivity index (χ4v) is 2.18. The molecule has 130 valence electrons. The zero-order valence-electron chi connectivity index (χ0n) is 14.4. The Labute approximate surface area is 146 Å². The third-order valence-corrected chi connectivity index (χ3v) is 3.56. The fourth-order valence-electron chi connectivity index (χ4n) is 2.18. The molecule has 0 saturated heterocycles. The summed E-state index contributed by atoms with van der Waals surface area (Å²) in [5.74, 6) is -0.119. The van der Waals surface area contributed by atoms with Crippen molar-refractivity contribution in [1.82, 2.24) is 0 Å². The molecule has 0 radical (unpaired) electrons. The van der Waals surface area contributed by atoms with E-state index >= 15 is 0 Å². The molecule has 0 saturated carbocycles. The van der Waals surface area contributed by atoms with Gasteiger partial charge in [-0.25, -0.2) is 4.79 Å². The van der Waals surface area contributed by atoms with Gasteiger partial charge in [-0.05, 0) is 24.3 Å². The van der Waals surface area contributed by atoms with Crippen molar-refractivity contribution in [2.24, 2.45) is 5.10 Å². The predicted octanol–water partition coefficient (Wildman–Crippen LogP) is 2.93. The molecule has 0 heterocycles. The van der Waals surface area contributed by atoms with Crippen molar-refractivity contribution in [2.75, 3.05) is 26.3 Å². The Hall–Kier alpha value is -3.15. The Bertz CT molecular complexity index is 755. The maximum Gasteiger partial charge on any atom is 0.354 e. The van der Waals surface area contributed by atoms with Gasteiger partial charge in [0.25, 0.3) is 0 Å². The lowest BCUT2D eigenvalue weighted by Gasteiger charge is -2.15. The number of nitrogens with zero attached hydrogens (tertiary/aromatic N) is 2. The number of benzene rings is 2. The highest BCUT2D eigenvalue weighted by molar-refractivity contribution is 6.40. The van der Waals surface area contributed by atoms with Gasteiger partial charge in [0, 0.05) is 12.6 Å². The van der Waals surface area contributed by atoms with Crippen LogP contribution >= 0.6 is 0 Å². The summed E-state index contributed by atoms with van der Waals surface area (Å²) in [6.45, 7) is 0. The molecule has 0 atom stereocenters. The number of ether oxygens (including phenoxy) is 2. The molecule has 6 heteroatoms. The minimum Gasteiger partial charge on any atom is -0.497 e. The van der Waals surface area contributed by atoms with Crippen molar-refractivity contribution in [2.45, 2.75) is 6.42 Å². The third kappa shape index (κ3) is 4.91. The Morgan fingerprint density at radius 3 is 2.20 bits per heavy atom. The van der Waals surface area contributed by atoms with Crippen LogP contribution in [0.2, 0.25) is 0 Å². The molecule has 0 N–H and O–H groups in total. The van der Waals surface area contributed by atoms with Gasteiger partial charge in [0.1, 0.15) is 5.75 Å². The monoisotopic (exact) mass is 340 g/mol. The smallest absolute Gasteiger partial charge is 0.354 e. The Morgan fingerprint density at radius 2 is 1.64 bits per heavy atom. The summed E-state index contributed by atoms with van der Waals surface area (Å²) in [6.07, 6.45) is -0.142. The van der Waals surface area contributed by atoms with Crippen molar-refractivity contribution >= 4 is 23.2 Å². The SMILES string of the molecule is COC(=O)/C(CC(=O)c1ccccc1)=N\N(C)c1ccc(OC)cc1. The Kier molecular flexibility index (Phi) is 6.28. The molecule has 0 unspecified atom stereocenters. The maximum absolute atomic E-state index is 12.4. The first-order chi connectivity index (χ1) is 12.0. The second kappa shape index (κ2) is 8.63. The molecule has 0 aromatic heterocycles. The van der Waals surface area contributed by atoms with E-state index in [2.05, 4.69) is 5.10 Å². The lowest BCUT2D eigenvalue weighted by molar-refractivity contribution is -0.132. The summed E-state index contributed by atoms with van der Waals surface area (Å²) >= 11 is 0. The Morgan fingerprint density at radius 1 is 1.00 bits per heavy atom. The number of hydrogen-bond donors (Lipinski definition) is 0. The molecular weight excluding hydrogens is 320 g/mol. The lowest BCUT2D eigenvalue weighted by atomic mass is 10.1. The Balaban J connectivity index is 2.21. The molecule has 0 amide bonds. The molecule has 6 nitrogen and oxygen atoms in total. The quantitative estimate of drug-likeness (QED) is 0.335. The van der Waals surface area contributed by atoms with Gasteiger partial charge in [-0.15, -0.1) is 0 Å². The van der Waals surface area contributed by atoms with E-state index in [1.807, 2.05) is 6.07 Å². The van der Waals surface area contributed by atoms with Gasteiger partial charge >= 0.3 is 5.97 Å². The van der Waals surface area contributed by atoms with Crippen LogP contribution in [0.5, 0.6) is 5.75 Å². The molecule has 0 aliphatic rings. The molecule has 0 bridgehead atoms. The highest BCUT2D eigenvalue weighted by Gasteiger charge is 2.19. The van der Waals surface area contributed by atoms with Gasteiger partial charge < -0.3 is 9.47 Å². The van der Waals surface area contributed by atoms with Crippen molar-refractivity contribution in [3.05, 3.63) is 60.2 Å². The van der Waals surface area contributed by atoms with Crippen LogP contribution in [0.4, 0.5) is 5.69 Å². The number of carbonyl (C=O) groups excluding carboxylic acids is 2. The average molecular weight is 340 g/mol. The lowest BCUT2D eigenvalue weighted by Crippen LogP contribution is -2.24. The topological polar surface area (TPSA) is 68.2 Å². The number of hydrogen-bond acceptors (Lipinski definition) is 6. The zero-order valence-corrected chi connectivity index (χ0v) is 14.4. The average Bonchev–Trinajstić information content (AvgIpc) is 2.67. The summed E-state index contributed by atoms with van der Waals surface area (Å²) in [5, 5.41) is 5.77. The summed E-state index contributed by atoms with van der Waals surface area (Å²) in [7, 11) is 4.54. The van der Waals surface area contributed by atoms with Crippen molar-refractivity contribution in [3.63, 3.8) is 0 Å². The van der Waals surface area contributed by atoms with Gasteiger partial charge in [-0.2, -0.15) is 5.10 Å². The van der Waals surface area contributed by atoms with Crippen molar-refractivity contribution in [1.29, 1.82) is 0 Å². The van der Waals surface area contributed by atoms with Crippen LogP contribution in [0.25, 0.3) is 0 Å². The second-order valence-corrected chi connectivity index (χ2v) is 5.23. The molecule has 2 aromatic carbocycles. The second-order valence-electron chi connectivity index (χ2n) is 5.23. The van der Waals surface area contributed by atoms with Crippen LogP contribution in [0.1, 0.15) is 16.8 Å². The minimum atomic E-state index is -0.635. The number of rotatable bonds is 7. The van der Waals surface area contributed by atoms with Crippen LogP contribution in [0.15, 0.2) is 59.7 Å². The van der Waals surface area contributed by atoms with Crippen LogP contribution in [-0.2, 0) is 9.53 Å². The van der Waals surface area contributed by atoms with Gasteiger partial charge in [-0.1, -0.05) is 30.3 Å². The number of ketones is 1. The standard InChI is InChI=1S/C19H20N2O4/c1-21(15-9-11-16(24-2)12-10-15)20-17(19(23)25-3)13-18(22)14-7-5-4-6-8-14/h4-12H,13H2,1-3H3/b20-17-. The number of Topliss-reactive ketones (excluding diaryl/α,β-unsaturated/α-hetero) is 1. The first-order valence-corrected chi connectivity index (χ1v) is 7.67. The number of esters is 1. The van der Waals surface area contributed by atoms with Gasteiger partial charge in [0.15, 0.2) is 11.5 Å². The van der Waals surface area contributed by atoms with E-state index in [1.54, 1.807) is 62.7 Å². The fraction of sp³-hybridized carbons (Fsp3) is 0.211. The summed E-state index contributed by atoms with van der Waals surface area (Å²) in [6, 6.07) is 15.9. The van der Waals surface area contributed by atoms with E-state index in [4.69, 9.17) is 9.47 Å². The van der Waals surface area contributed by atoms with E-state index in [-0.39, 0.29) is 17.9 Å². The van der Waals surface area contributed by atoms with Crippen molar-refractivity contribution in [3.8, 4) is 5.75 Å². The summed E-state index contributed by atoms with van der Waals surface area (Å²) in [5.41, 5.74) is 1.30. The predicted molar refractivity (Wildman–Crippen MR) is 96.2 cm³/mol.